The highest BCUT2D eigenvalue weighted by atomic mass is 32.1. The Bertz CT molecular complexity index is 1040. The summed E-state index contributed by atoms with van der Waals surface area (Å²) in [5, 5.41) is 5.46. The first-order valence-corrected chi connectivity index (χ1v) is 11.0. The summed E-state index contributed by atoms with van der Waals surface area (Å²) in [7, 11) is 4.60. The van der Waals surface area contributed by atoms with Crippen LogP contribution < -0.4 is 29.3 Å². The van der Waals surface area contributed by atoms with Crippen LogP contribution in [0.2, 0.25) is 0 Å². The predicted molar refractivity (Wildman–Crippen MR) is 125 cm³/mol. The second-order valence-electron chi connectivity index (χ2n) is 7.05. The van der Waals surface area contributed by atoms with E-state index in [0.29, 0.717) is 28.6 Å². The van der Waals surface area contributed by atoms with Crippen molar-refractivity contribution >= 4 is 33.9 Å². The lowest BCUT2D eigenvalue weighted by Gasteiger charge is -2.35. The molecule has 2 aromatic heterocycles. The van der Waals surface area contributed by atoms with E-state index in [1.165, 1.54) is 32.7 Å². The molecule has 4 rings (SSSR count). The molecule has 0 aliphatic carbocycles. The fourth-order valence-electron chi connectivity index (χ4n) is 3.53. The van der Waals surface area contributed by atoms with Crippen LogP contribution in [0.15, 0.2) is 41.9 Å². The number of anilines is 3. The lowest BCUT2D eigenvalue weighted by atomic mass is 10.2. The van der Waals surface area contributed by atoms with Crippen LogP contribution in [-0.2, 0) is 0 Å². The fraction of sp³-hybridized carbons (Fsp3) is 0.318. The largest absolute Gasteiger partial charge is 0.493 e. The summed E-state index contributed by atoms with van der Waals surface area (Å²) in [6.45, 7) is 3.34. The minimum Gasteiger partial charge on any atom is -0.493 e. The highest BCUT2D eigenvalue weighted by molar-refractivity contribution is 7.14. The van der Waals surface area contributed by atoms with E-state index in [4.69, 9.17) is 14.2 Å². The molecule has 9 nitrogen and oxygen atoms in total. The van der Waals surface area contributed by atoms with Crippen LogP contribution in [0.25, 0.3) is 0 Å². The van der Waals surface area contributed by atoms with E-state index in [1.807, 2.05) is 18.2 Å². The van der Waals surface area contributed by atoms with Gasteiger partial charge in [-0.2, -0.15) is 0 Å². The number of aromatic nitrogens is 2. The average Bonchev–Trinajstić information content (AvgIpc) is 3.34. The number of carbonyl (C=O) groups is 1. The molecule has 168 valence electrons. The van der Waals surface area contributed by atoms with Crippen LogP contribution in [0.3, 0.4) is 0 Å². The van der Waals surface area contributed by atoms with E-state index in [-0.39, 0.29) is 5.91 Å². The molecule has 32 heavy (non-hydrogen) atoms. The molecule has 3 aromatic rings. The highest BCUT2D eigenvalue weighted by Gasteiger charge is 2.22. The van der Waals surface area contributed by atoms with E-state index in [9.17, 15) is 4.79 Å². The van der Waals surface area contributed by atoms with Crippen molar-refractivity contribution < 1.29 is 19.0 Å². The van der Waals surface area contributed by atoms with Gasteiger partial charge in [0.1, 0.15) is 11.5 Å². The molecule has 1 aliphatic rings. The summed E-state index contributed by atoms with van der Waals surface area (Å²) < 4.78 is 16.0. The molecule has 3 heterocycles. The van der Waals surface area contributed by atoms with Crippen molar-refractivity contribution in [3.05, 3.63) is 47.6 Å². The molecule has 1 aromatic carbocycles. The molecule has 0 spiro atoms. The van der Waals surface area contributed by atoms with Crippen molar-refractivity contribution in [1.29, 1.82) is 0 Å². The number of benzene rings is 1. The topological polar surface area (TPSA) is 89.1 Å². The first-order valence-electron chi connectivity index (χ1n) is 10.1. The molecule has 0 unspecified atom stereocenters. The maximum atomic E-state index is 12.8. The van der Waals surface area contributed by atoms with Crippen LogP contribution in [0.5, 0.6) is 17.2 Å². The summed E-state index contributed by atoms with van der Waals surface area (Å²) >= 11 is 1.46. The molecule has 1 amide bonds. The quantitative estimate of drug-likeness (QED) is 0.581. The van der Waals surface area contributed by atoms with Crippen molar-refractivity contribution in [2.75, 3.05) is 62.6 Å². The van der Waals surface area contributed by atoms with Crippen LogP contribution in [-0.4, -0.2) is 63.4 Å². The second kappa shape index (κ2) is 9.73. The summed E-state index contributed by atoms with van der Waals surface area (Å²) in [6, 6.07) is 9.30. The van der Waals surface area contributed by atoms with E-state index in [0.717, 1.165) is 37.1 Å². The lowest BCUT2D eigenvalue weighted by molar-refractivity contribution is 0.102. The standard InChI is InChI=1S/C22H25N5O4S/c1-29-17-12-15(13-18(30-2)20(17)31-3)24-21(28)16-14-32-22(25-16)27-10-8-26(9-11-27)19-6-4-5-7-23-19/h4-7,12-14H,8-11H2,1-3H3,(H,24,28). The summed E-state index contributed by atoms with van der Waals surface area (Å²) in [5.74, 6) is 2.08. The van der Waals surface area contributed by atoms with E-state index < -0.39 is 0 Å². The van der Waals surface area contributed by atoms with Crippen LogP contribution in [0.4, 0.5) is 16.6 Å². The Labute approximate surface area is 190 Å². The number of thiazole rings is 1. The van der Waals surface area contributed by atoms with Gasteiger partial charge < -0.3 is 29.3 Å². The van der Waals surface area contributed by atoms with Gasteiger partial charge in [-0.25, -0.2) is 9.97 Å². The van der Waals surface area contributed by atoms with E-state index >= 15 is 0 Å². The second-order valence-corrected chi connectivity index (χ2v) is 7.88. The van der Waals surface area contributed by atoms with Gasteiger partial charge >= 0.3 is 0 Å². The minimum atomic E-state index is -0.297. The Morgan fingerprint density at radius 1 is 1.00 bits per heavy atom. The molecule has 0 saturated carbocycles. The summed E-state index contributed by atoms with van der Waals surface area (Å²) in [6.07, 6.45) is 1.81. The van der Waals surface area contributed by atoms with Gasteiger partial charge in [-0.15, -0.1) is 11.3 Å². The Morgan fingerprint density at radius 2 is 1.69 bits per heavy atom. The Morgan fingerprint density at radius 3 is 2.28 bits per heavy atom. The molecular weight excluding hydrogens is 430 g/mol. The summed E-state index contributed by atoms with van der Waals surface area (Å²) in [4.78, 5) is 26.2. The third kappa shape index (κ3) is 4.54. The molecule has 1 fully saturated rings. The van der Waals surface area contributed by atoms with Gasteiger partial charge in [0.25, 0.3) is 5.91 Å². The van der Waals surface area contributed by atoms with Crippen LogP contribution in [0, 0.1) is 0 Å². The van der Waals surface area contributed by atoms with Crippen LogP contribution >= 0.6 is 11.3 Å². The van der Waals surface area contributed by atoms with Crippen molar-refractivity contribution in [2.45, 2.75) is 0 Å². The molecular formula is C22H25N5O4S. The van der Waals surface area contributed by atoms with Gasteiger partial charge in [-0.1, -0.05) is 6.07 Å². The zero-order valence-electron chi connectivity index (χ0n) is 18.2. The maximum Gasteiger partial charge on any atom is 0.275 e. The molecule has 0 radical (unpaired) electrons. The number of hydrogen-bond acceptors (Lipinski definition) is 9. The number of nitrogens with zero attached hydrogens (tertiary/aromatic N) is 4. The van der Waals surface area contributed by atoms with E-state index in [1.54, 1.807) is 23.7 Å². The number of ether oxygens (including phenoxy) is 3. The number of carbonyl (C=O) groups excluding carboxylic acids is 1. The minimum absolute atomic E-state index is 0.297. The maximum absolute atomic E-state index is 12.8. The van der Waals surface area contributed by atoms with Crippen molar-refractivity contribution in [1.82, 2.24) is 9.97 Å². The number of rotatable bonds is 7. The third-order valence-electron chi connectivity index (χ3n) is 5.17. The number of piperazine rings is 1. The number of hydrogen-bond donors (Lipinski definition) is 1. The number of amides is 1. The SMILES string of the molecule is COc1cc(NC(=O)c2csc(N3CCN(c4ccccn4)CC3)n2)cc(OC)c1OC. The molecule has 1 aliphatic heterocycles. The highest BCUT2D eigenvalue weighted by Crippen LogP contribution is 2.40. The van der Waals surface area contributed by atoms with Crippen LogP contribution in [0.1, 0.15) is 10.5 Å². The molecule has 10 heteroatoms. The number of nitrogens with one attached hydrogen (secondary N) is 1. The van der Waals surface area contributed by atoms with E-state index in [2.05, 4.69) is 25.1 Å². The summed E-state index contributed by atoms with van der Waals surface area (Å²) in [5.41, 5.74) is 0.897. The third-order valence-corrected chi connectivity index (χ3v) is 6.07. The Kier molecular flexibility index (Phi) is 6.60. The normalized spacial score (nSPS) is 13.6. The van der Waals surface area contributed by atoms with Crippen molar-refractivity contribution in [3.63, 3.8) is 0 Å². The molecule has 1 N–H and O–H groups in total. The average molecular weight is 456 g/mol. The van der Waals surface area contributed by atoms with Gasteiger partial charge in [0, 0.05) is 55.6 Å². The molecule has 0 bridgehead atoms. The van der Waals surface area contributed by atoms with Gasteiger partial charge in [-0.3, -0.25) is 4.79 Å². The number of methoxy groups -OCH3 is 3. The first-order chi connectivity index (χ1) is 15.6. The molecule has 0 atom stereocenters. The van der Waals surface area contributed by atoms with Gasteiger partial charge in [-0.05, 0) is 12.1 Å². The van der Waals surface area contributed by atoms with Gasteiger partial charge in [0.2, 0.25) is 5.75 Å². The number of pyridine rings is 1. The smallest absolute Gasteiger partial charge is 0.275 e. The van der Waals surface area contributed by atoms with Crippen molar-refractivity contribution in [2.24, 2.45) is 0 Å². The zero-order chi connectivity index (χ0) is 22.5. The monoisotopic (exact) mass is 455 g/mol. The first kappa shape index (κ1) is 21.7. The van der Waals surface area contributed by atoms with Gasteiger partial charge in [0.05, 0.1) is 21.3 Å². The zero-order valence-corrected chi connectivity index (χ0v) is 19.0. The Hall–Kier alpha value is -3.53. The fourth-order valence-corrected chi connectivity index (χ4v) is 4.39. The van der Waals surface area contributed by atoms with Crippen molar-refractivity contribution in [3.8, 4) is 17.2 Å². The predicted octanol–water partition coefficient (Wildman–Crippen LogP) is 3.14. The Balaban J connectivity index is 1.41. The lowest BCUT2D eigenvalue weighted by Crippen LogP contribution is -2.46. The molecule has 1 saturated heterocycles. The van der Waals surface area contributed by atoms with Gasteiger partial charge in [0.15, 0.2) is 16.6 Å².